The molecule has 10 rings (SSSR count). The molecule has 6 aromatic carbocycles. The standard InChI is InChI=1S/C49H37N3/c1-49(2)43-18-10-8-16-39(43)40-26-22-35(31-44(40)49)38-15-7-6-14-37(38)34-23-27-47-42(30-34)41-17-9-11-19-46(41)52(47)36-24-20-33(21-25-36)48-50-29-28-45(51-48)32-12-4-3-5-13-32/h3-8,10,12-31H,9,11H2,1-2H3. The average Bonchev–Trinajstić information content (AvgIpc) is 3.66. The lowest BCUT2D eigenvalue weighted by molar-refractivity contribution is 0.660. The van der Waals surface area contributed by atoms with Gasteiger partial charge in [-0.05, 0) is 106 Å². The Morgan fingerprint density at radius 2 is 1.19 bits per heavy atom. The van der Waals surface area contributed by atoms with Gasteiger partial charge in [-0.3, -0.25) is 0 Å². The van der Waals surface area contributed by atoms with Gasteiger partial charge in [0.05, 0.1) is 11.2 Å². The van der Waals surface area contributed by atoms with Crippen LogP contribution in [0.3, 0.4) is 0 Å². The van der Waals surface area contributed by atoms with Gasteiger partial charge in [0.2, 0.25) is 0 Å². The molecule has 0 fully saturated rings. The second-order valence-electron chi connectivity index (χ2n) is 14.5. The number of aromatic nitrogens is 3. The summed E-state index contributed by atoms with van der Waals surface area (Å²) in [5, 5.41) is 3.87. The highest BCUT2D eigenvalue weighted by atomic mass is 15.0. The third-order valence-electron chi connectivity index (χ3n) is 11.1. The number of nitrogens with zero attached hydrogens (tertiary/aromatic N) is 3. The predicted molar refractivity (Wildman–Crippen MR) is 216 cm³/mol. The van der Waals surface area contributed by atoms with Crippen LogP contribution in [-0.2, 0) is 5.41 Å². The maximum Gasteiger partial charge on any atom is 0.159 e. The molecule has 248 valence electrons. The molecular weight excluding hydrogens is 631 g/mol. The van der Waals surface area contributed by atoms with E-state index in [-0.39, 0.29) is 5.41 Å². The lowest BCUT2D eigenvalue weighted by Crippen LogP contribution is -2.30. The van der Waals surface area contributed by atoms with Crippen LogP contribution in [0.2, 0.25) is 0 Å². The summed E-state index contributed by atoms with van der Waals surface area (Å²) in [4.78, 5) is 9.52. The predicted octanol–water partition coefficient (Wildman–Crippen LogP) is 10.7. The Balaban J connectivity index is 1.05. The van der Waals surface area contributed by atoms with E-state index in [9.17, 15) is 0 Å². The van der Waals surface area contributed by atoms with E-state index in [4.69, 9.17) is 4.98 Å². The summed E-state index contributed by atoms with van der Waals surface area (Å²) >= 11 is 0. The summed E-state index contributed by atoms with van der Waals surface area (Å²) in [5.74, 6) is 0.729. The molecule has 2 aliphatic rings. The van der Waals surface area contributed by atoms with Gasteiger partial charge in [0.1, 0.15) is 0 Å². The quantitative estimate of drug-likeness (QED) is 0.183. The Labute approximate surface area is 303 Å². The summed E-state index contributed by atoms with van der Waals surface area (Å²) in [6.45, 7) is 4.71. The Morgan fingerprint density at radius 3 is 2.00 bits per heavy atom. The molecule has 2 heterocycles. The van der Waals surface area contributed by atoms with Crippen molar-refractivity contribution in [3.63, 3.8) is 0 Å². The van der Waals surface area contributed by atoms with Crippen LogP contribution in [0.1, 0.15) is 37.8 Å². The molecule has 0 saturated heterocycles. The molecule has 0 atom stereocenters. The lowest BCUT2D eigenvalue weighted by Gasteiger charge is -2.22. The lowest BCUT2D eigenvalue weighted by atomic mass is 9.81. The number of fused-ring (bicyclic) bond motifs is 6. The van der Waals surface area contributed by atoms with Crippen molar-refractivity contribution in [2.45, 2.75) is 32.1 Å². The van der Waals surface area contributed by atoms with E-state index < -0.39 is 0 Å². The first-order valence-electron chi connectivity index (χ1n) is 18.2. The van der Waals surface area contributed by atoms with Crippen LogP contribution in [0.15, 0.2) is 152 Å². The van der Waals surface area contributed by atoms with Crippen molar-refractivity contribution >= 4 is 23.1 Å². The molecule has 0 bridgehead atoms. The van der Waals surface area contributed by atoms with Crippen LogP contribution < -0.4 is 10.6 Å². The van der Waals surface area contributed by atoms with Gasteiger partial charge < -0.3 is 4.57 Å². The fourth-order valence-electron chi connectivity index (χ4n) is 8.53. The molecule has 2 aromatic heterocycles. The molecule has 0 spiro atoms. The zero-order valence-electron chi connectivity index (χ0n) is 29.3. The van der Waals surface area contributed by atoms with Gasteiger partial charge in [0.25, 0.3) is 0 Å². The fraction of sp³-hybridized carbons (Fsp3) is 0.102. The zero-order valence-corrected chi connectivity index (χ0v) is 29.3. The highest BCUT2D eigenvalue weighted by Gasteiger charge is 2.35. The van der Waals surface area contributed by atoms with Gasteiger partial charge in [0.15, 0.2) is 5.82 Å². The minimum Gasteiger partial charge on any atom is -0.310 e. The van der Waals surface area contributed by atoms with Crippen molar-refractivity contribution in [3.8, 4) is 61.7 Å². The van der Waals surface area contributed by atoms with E-state index in [2.05, 4.69) is 157 Å². The summed E-state index contributed by atoms with van der Waals surface area (Å²) in [6, 6.07) is 52.8. The van der Waals surface area contributed by atoms with E-state index in [0.717, 1.165) is 41.2 Å². The van der Waals surface area contributed by atoms with Crippen LogP contribution in [0.4, 0.5) is 0 Å². The van der Waals surface area contributed by atoms with Gasteiger partial charge in [-0.15, -0.1) is 0 Å². The van der Waals surface area contributed by atoms with Crippen molar-refractivity contribution in [2.24, 2.45) is 0 Å². The Kier molecular flexibility index (Phi) is 6.97. The van der Waals surface area contributed by atoms with Crippen molar-refractivity contribution in [1.82, 2.24) is 14.5 Å². The molecule has 3 nitrogen and oxygen atoms in total. The SMILES string of the molecule is CC1(C)c2ccccc2-c2ccc(-c3ccccc3-c3ccc4c(c3)c3c(n4-c4ccc(-c5nccc(-c6ccccc6)n5)cc4)=CCCC=3)cc21. The van der Waals surface area contributed by atoms with E-state index >= 15 is 0 Å². The van der Waals surface area contributed by atoms with Crippen molar-refractivity contribution < 1.29 is 0 Å². The molecule has 52 heavy (non-hydrogen) atoms. The van der Waals surface area contributed by atoms with Crippen molar-refractivity contribution in [3.05, 3.63) is 173 Å². The molecule has 0 saturated carbocycles. The molecule has 0 radical (unpaired) electrons. The number of rotatable bonds is 5. The molecule has 0 N–H and O–H groups in total. The van der Waals surface area contributed by atoms with Crippen LogP contribution in [0.25, 0.3) is 84.8 Å². The monoisotopic (exact) mass is 667 g/mol. The number of hydrogen-bond acceptors (Lipinski definition) is 2. The molecular formula is C49H37N3. The molecule has 0 aliphatic heterocycles. The Bertz CT molecular complexity index is 2800. The molecule has 2 aliphatic carbocycles. The average molecular weight is 668 g/mol. The fourth-order valence-corrected chi connectivity index (χ4v) is 8.53. The van der Waals surface area contributed by atoms with Gasteiger partial charge in [-0.1, -0.05) is 123 Å². The van der Waals surface area contributed by atoms with Crippen LogP contribution in [0, 0.1) is 0 Å². The first-order chi connectivity index (χ1) is 25.5. The molecule has 3 heteroatoms. The Morgan fingerprint density at radius 1 is 0.538 bits per heavy atom. The highest BCUT2D eigenvalue weighted by Crippen LogP contribution is 2.50. The van der Waals surface area contributed by atoms with E-state index in [1.54, 1.807) is 0 Å². The first-order valence-corrected chi connectivity index (χ1v) is 18.2. The van der Waals surface area contributed by atoms with Gasteiger partial charge in [0, 0.05) is 44.4 Å². The highest BCUT2D eigenvalue weighted by molar-refractivity contribution is 5.93. The van der Waals surface area contributed by atoms with E-state index in [1.807, 2.05) is 30.5 Å². The normalized spacial score (nSPS) is 13.9. The van der Waals surface area contributed by atoms with Crippen molar-refractivity contribution in [2.75, 3.05) is 0 Å². The second-order valence-corrected chi connectivity index (χ2v) is 14.5. The number of hydrogen-bond donors (Lipinski definition) is 0. The smallest absolute Gasteiger partial charge is 0.159 e. The first kappa shape index (κ1) is 30.5. The van der Waals surface area contributed by atoms with E-state index in [0.29, 0.717) is 0 Å². The molecule has 0 amide bonds. The van der Waals surface area contributed by atoms with Crippen LogP contribution in [-0.4, -0.2) is 14.5 Å². The summed E-state index contributed by atoms with van der Waals surface area (Å²) in [6.07, 6.45) is 8.75. The Hall–Kier alpha value is -6.32. The summed E-state index contributed by atoms with van der Waals surface area (Å²) in [7, 11) is 0. The van der Waals surface area contributed by atoms with Crippen molar-refractivity contribution in [1.29, 1.82) is 0 Å². The minimum atomic E-state index is -0.0402. The van der Waals surface area contributed by atoms with Gasteiger partial charge in [-0.2, -0.15) is 0 Å². The zero-order chi connectivity index (χ0) is 34.8. The minimum absolute atomic E-state index is 0.0402. The van der Waals surface area contributed by atoms with Crippen LogP contribution in [0.5, 0.6) is 0 Å². The van der Waals surface area contributed by atoms with Gasteiger partial charge >= 0.3 is 0 Å². The van der Waals surface area contributed by atoms with Gasteiger partial charge in [-0.25, -0.2) is 9.97 Å². The van der Waals surface area contributed by atoms with E-state index in [1.165, 1.54) is 66.0 Å². The maximum absolute atomic E-state index is 4.90. The third-order valence-corrected chi connectivity index (χ3v) is 11.1. The second kappa shape index (κ2) is 11.9. The summed E-state index contributed by atoms with van der Waals surface area (Å²) in [5.41, 5.74) is 15.8. The summed E-state index contributed by atoms with van der Waals surface area (Å²) < 4.78 is 2.42. The van der Waals surface area contributed by atoms with Crippen LogP contribution >= 0.6 is 0 Å². The molecule has 0 unspecified atom stereocenters. The third kappa shape index (κ3) is 4.81. The molecule has 8 aromatic rings. The largest absolute Gasteiger partial charge is 0.310 e. The topological polar surface area (TPSA) is 30.7 Å². The number of benzene rings is 6. The maximum atomic E-state index is 4.90.